The van der Waals surface area contributed by atoms with Crippen molar-refractivity contribution >= 4 is 5.91 Å². The molecule has 1 saturated heterocycles. The topological polar surface area (TPSA) is 75.0 Å². The van der Waals surface area contributed by atoms with Crippen LogP contribution >= 0.6 is 0 Å². The van der Waals surface area contributed by atoms with E-state index < -0.39 is 6.04 Å². The Morgan fingerprint density at radius 1 is 1.60 bits per heavy atom. The highest BCUT2D eigenvalue weighted by atomic mass is 16.2. The second kappa shape index (κ2) is 4.44. The Hall–Kier alpha value is -1.36. The Balaban J connectivity index is 1.89. The van der Waals surface area contributed by atoms with Gasteiger partial charge in [0.05, 0.1) is 6.04 Å². The van der Waals surface area contributed by atoms with Crippen LogP contribution in [0.15, 0.2) is 12.4 Å². The highest BCUT2D eigenvalue weighted by Crippen LogP contribution is 2.09. The van der Waals surface area contributed by atoms with Gasteiger partial charge in [0.2, 0.25) is 5.91 Å². The number of rotatable bonds is 3. The molecule has 1 atom stereocenters. The number of amides is 1. The number of carbonyl (C=O) groups is 1. The molecule has 2 heterocycles. The van der Waals surface area contributed by atoms with E-state index in [0.717, 1.165) is 31.8 Å². The highest BCUT2D eigenvalue weighted by Gasteiger charge is 2.24. The number of likely N-dealkylation sites (tertiary alicyclic amines) is 1. The zero-order valence-corrected chi connectivity index (χ0v) is 8.65. The van der Waals surface area contributed by atoms with Crippen LogP contribution in [0, 0.1) is 0 Å². The normalized spacial score (nSPS) is 18.1. The number of H-pyrrole nitrogens is 1. The van der Waals surface area contributed by atoms with Crippen molar-refractivity contribution in [2.75, 3.05) is 13.1 Å². The average Bonchev–Trinajstić information content (AvgIpc) is 2.88. The Labute approximate surface area is 88.7 Å². The maximum absolute atomic E-state index is 11.8. The van der Waals surface area contributed by atoms with E-state index in [-0.39, 0.29) is 5.91 Å². The molecular weight excluding hydrogens is 192 g/mol. The zero-order valence-electron chi connectivity index (χ0n) is 8.65. The second-order valence-electron chi connectivity index (χ2n) is 3.88. The van der Waals surface area contributed by atoms with E-state index in [0.29, 0.717) is 6.42 Å². The summed E-state index contributed by atoms with van der Waals surface area (Å²) in [5.41, 5.74) is 5.84. The van der Waals surface area contributed by atoms with Gasteiger partial charge < -0.3 is 15.6 Å². The Bertz CT molecular complexity index is 316. The fraction of sp³-hybridized carbons (Fsp3) is 0.600. The maximum Gasteiger partial charge on any atom is 0.239 e. The summed E-state index contributed by atoms with van der Waals surface area (Å²) in [4.78, 5) is 20.7. The monoisotopic (exact) mass is 208 g/mol. The van der Waals surface area contributed by atoms with E-state index in [1.165, 1.54) is 0 Å². The van der Waals surface area contributed by atoms with Crippen LogP contribution in [0.25, 0.3) is 0 Å². The maximum atomic E-state index is 11.8. The summed E-state index contributed by atoms with van der Waals surface area (Å²) in [5, 5.41) is 0. The first-order valence-electron chi connectivity index (χ1n) is 5.30. The lowest BCUT2D eigenvalue weighted by molar-refractivity contribution is -0.131. The minimum Gasteiger partial charge on any atom is -0.349 e. The van der Waals surface area contributed by atoms with Gasteiger partial charge in [0.25, 0.3) is 0 Å². The predicted octanol–water partition coefficient (Wildman–Crippen LogP) is -0.0981. The molecule has 0 saturated carbocycles. The Kier molecular flexibility index (Phi) is 3.01. The van der Waals surface area contributed by atoms with Gasteiger partial charge in [0, 0.05) is 31.9 Å². The number of nitrogens with two attached hydrogens (primary N) is 1. The summed E-state index contributed by atoms with van der Waals surface area (Å²) >= 11 is 0. The standard InChI is InChI=1S/C10H16N4O/c11-8(7-9-12-3-4-13-9)10(15)14-5-1-2-6-14/h3-4,8H,1-2,5-7,11H2,(H,12,13). The van der Waals surface area contributed by atoms with Gasteiger partial charge in [-0.15, -0.1) is 0 Å². The van der Waals surface area contributed by atoms with Crippen LogP contribution in [-0.2, 0) is 11.2 Å². The van der Waals surface area contributed by atoms with E-state index >= 15 is 0 Å². The largest absolute Gasteiger partial charge is 0.349 e. The summed E-state index contributed by atoms with van der Waals surface area (Å²) < 4.78 is 0. The molecule has 0 aromatic carbocycles. The quantitative estimate of drug-likeness (QED) is 0.728. The molecule has 0 spiro atoms. The number of nitrogens with zero attached hydrogens (tertiary/aromatic N) is 2. The molecule has 1 unspecified atom stereocenters. The third-order valence-corrected chi connectivity index (χ3v) is 2.70. The Morgan fingerprint density at radius 2 is 2.33 bits per heavy atom. The lowest BCUT2D eigenvalue weighted by Crippen LogP contribution is -2.43. The first-order valence-corrected chi connectivity index (χ1v) is 5.30. The highest BCUT2D eigenvalue weighted by molar-refractivity contribution is 5.82. The molecule has 1 amide bonds. The van der Waals surface area contributed by atoms with Crippen molar-refractivity contribution in [2.45, 2.75) is 25.3 Å². The van der Waals surface area contributed by atoms with Crippen molar-refractivity contribution in [3.05, 3.63) is 18.2 Å². The summed E-state index contributed by atoms with van der Waals surface area (Å²) in [6.45, 7) is 1.70. The van der Waals surface area contributed by atoms with Gasteiger partial charge in [-0.1, -0.05) is 0 Å². The molecule has 3 N–H and O–H groups in total. The van der Waals surface area contributed by atoms with Gasteiger partial charge in [0.15, 0.2) is 0 Å². The summed E-state index contributed by atoms with van der Waals surface area (Å²) in [6, 6.07) is -0.464. The molecule has 5 heteroatoms. The van der Waals surface area contributed by atoms with Crippen molar-refractivity contribution in [1.82, 2.24) is 14.9 Å². The third kappa shape index (κ3) is 2.36. The molecule has 15 heavy (non-hydrogen) atoms. The molecule has 1 aromatic rings. The third-order valence-electron chi connectivity index (χ3n) is 2.70. The van der Waals surface area contributed by atoms with Crippen LogP contribution in [0.4, 0.5) is 0 Å². The zero-order chi connectivity index (χ0) is 10.7. The first kappa shape index (κ1) is 10.2. The Morgan fingerprint density at radius 3 is 2.93 bits per heavy atom. The number of hydrogen-bond donors (Lipinski definition) is 2. The van der Waals surface area contributed by atoms with Crippen molar-refractivity contribution in [1.29, 1.82) is 0 Å². The van der Waals surface area contributed by atoms with Gasteiger partial charge >= 0.3 is 0 Å². The molecule has 0 radical (unpaired) electrons. The van der Waals surface area contributed by atoms with Crippen molar-refractivity contribution < 1.29 is 4.79 Å². The number of aromatic nitrogens is 2. The number of carbonyl (C=O) groups excluding carboxylic acids is 1. The SMILES string of the molecule is NC(Cc1ncc[nH]1)C(=O)N1CCCC1. The number of nitrogens with one attached hydrogen (secondary N) is 1. The molecule has 1 fully saturated rings. The van der Waals surface area contributed by atoms with Crippen molar-refractivity contribution in [3.8, 4) is 0 Å². The van der Waals surface area contributed by atoms with Crippen molar-refractivity contribution in [2.24, 2.45) is 5.73 Å². The summed E-state index contributed by atoms with van der Waals surface area (Å²) in [6.07, 6.45) is 6.09. The summed E-state index contributed by atoms with van der Waals surface area (Å²) in [7, 11) is 0. The molecule has 1 aliphatic heterocycles. The minimum atomic E-state index is -0.464. The lowest BCUT2D eigenvalue weighted by Gasteiger charge is -2.19. The number of hydrogen-bond acceptors (Lipinski definition) is 3. The lowest BCUT2D eigenvalue weighted by atomic mass is 10.2. The van der Waals surface area contributed by atoms with Gasteiger partial charge in [-0.05, 0) is 12.8 Å². The molecule has 0 bridgehead atoms. The molecule has 1 aliphatic rings. The molecule has 82 valence electrons. The summed E-state index contributed by atoms with van der Waals surface area (Å²) in [5.74, 6) is 0.818. The minimum absolute atomic E-state index is 0.0453. The van der Waals surface area contributed by atoms with E-state index in [2.05, 4.69) is 9.97 Å². The predicted molar refractivity (Wildman–Crippen MR) is 56.1 cm³/mol. The van der Waals surface area contributed by atoms with Gasteiger partial charge in [-0.25, -0.2) is 4.98 Å². The van der Waals surface area contributed by atoms with Crippen LogP contribution < -0.4 is 5.73 Å². The fourth-order valence-electron chi connectivity index (χ4n) is 1.88. The smallest absolute Gasteiger partial charge is 0.239 e. The van der Waals surface area contributed by atoms with Crippen LogP contribution in [0.1, 0.15) is 18.7 Å². The first-order chi connectivity index (χ1) is 7.27. The van der Waals surface area contributed by atoms with Crippen molar-refractivity contribution in [3.63, 3.8) is 0 Å². The van der Waals surface area contributed by atoms with E-state index in [4.69, 9.17) is 5.73 Å². The molecule has 5 nitrogen and oxygen atoms in total. The van der Waals surface area contributed by atoms with Crippen LogP contribution in [-0.4, -0.2) is 39.9 Å². The van der Waals surface area contributed by atoms with E-state index in [1.807, 2.05) is 4.90 Å². The number of aromatic amines is 1. The molecular formula is C10H16N4O. The van der Waals surface area contributed by atoms with Crippen LogP contribution in [0.3, 0.4) is 0 Å². The molecule has 1 aromatic heterocycles. The van der Waals surface area contributed by atoms with E-state index in [9.17, 15) is 4.79 Å². The van der Waals surface area contributed by atoms with E-state index in [1.54, 1.807) is 12.4 Å². The fourth-order valence-corrected chi connectivity index (χ4v) is 1.88. The molecule has 0 aliphatic carbocycles. The van der Waals surface area contributed by atoms with Crippen LogP contribution in [0.5, 0.6) is 0 Å². The number of imidazole rings is 1. The van der Waals surface area contributed by atoms with Crippen LogP contribution in [0.2, 0.25) is 0 Å². The van der Waals surface area contributed by atoms with Gasteiger partial charge in [-0.2, -0.15) is 0 Å². The van der Waals surface area contributed by atoms with Gasteiger partial charge in [0.1, 0.15) is 5.82 Å². The average molecular weight is 208 g/mol. The van der Waals surface area contributed by atoms with Gasteiger partial charge in [-0.3, -0.25) is 4.79 Å². The second-order valence-corrected chi connectivity index (χ2v) is 3.88. The molecule has 2 rings (SSSR count).